The van der Waals surface area contributed by atoms with Gasteiger partial charge in [-0.1, -0.05) is 19.9 Å². The van der Waals surface area contributed by atoms with E-state index in [1.54, 1.807) is 39.0 Å². The smallest absolute Gasteiger partial charge is 0.410 e. The lowest BCUT2D eigenvalue weighted by atomic mass is 9.90. The molecule has 3 aliphatic rings. The first kappa shape index (κ1) is 24.7. The quantitative estimate of drug-likeness (QED) is 0.635. The molecule has 1 unspecified atom stereocenters. The standard InChI is InChI=1S/C25H32N4O6/c1-24(2,3)35-23(34)29-13-25(4,5)11-18(29)21(32)26-16-8-6-7-14-15(16)12-28(22(14)33)17-9-10-19(30)27-20(17)31/h6-8,17-18H,9-13H2,1-5H3,(H,26,32)(H,27,30,31)/t17?,18-/m0/s1. The van der Waals surface area contributed by atoms with Crippen LogP contribution in [0.2, 0.25) is 0 Å². The summed E-state index contributed by atoms with van der Waals surface area (Å²) in [7, 11) is 0. The third kappa shape index (κ3) is 5.01. The van der Waals surface area contributed by atoms with Crippen LogP contribution in [0.3, 0.4) is 0 Å². The first-order chi connectivity index (χ1) is 16.3. The maximum atomic E-state index is 13.4. The van der Waals surface area contributed by atoms with Crippen LogP contribution >= 0.6 is 0 Å². The zero-order valence-electron chi connectivity index (χ0n) is 20.8. The van der Waals surface area contributed by atoms with Crippen molar-refractivity contribution in [2.24, 2.45) is 5.41 Å². The van der Waals surface area contributed by atoms with Gasteiger partial charge in [0.05, 0.1) is 0 Å². The number of piperidine rings is 1. The van der Waals surface area contributed by atoms with E-state index in [-0.39, 0.29) is 42.5 Å². The van der Waals surface area contributed by atoms with E-state index in [9.17, 15) is 24.0 Å². The van der Waals surface area contributed by atoms with Crippen molar-refractivity contribution >= 4 is 35.4 Å². The molecule has 2 fully saturated rings. The molecule has 1 aromatic carbocycles. The van der Waals surface area contributed by atoms with Crippen molar-refractivity contribution in [3.05, 3.63) is 29.3 Å². The Morgan fingerprint density at radius 1 is 1.17 bits per heavy atom. The van der Waals surface area contributed by atoms with Crippen molar-refractivity contribution < 1.29 is 28.7 Å². The normalized spacial score (nSPS) is 23.7. The predicted molar refractivity (Wildman–Crippen MR) is 126 cm³/mol. The summed E-state index contributed by atoms with van der Waals surface area (Å²) < 4.78 is 5.53. The van der Waals surface area contributed by atoms with E-state index in [0.717, 1.165) is 0 Å². The van der Waals surface area contributed by atoms with Gasteiger partial charge in [0, 0.05) is 36.3 Å². The second-order valence-corrected chi connectivity index (χ2v) is 11.2. The largest absolute Gasteiger partial charge is 0.444 e. The number of carbonyl (C=O) groups excluding carboxylic acids is 5. The van der Waals surface area contributed by atoms with Crippen molar-refractivity contribution in [3.63, 3.8) is 0 Å². The number of nitrogens with zero attached hydrogens (tertiary/aromatic N) is 2. The fourth-order valence-corrected chi connectivity index (χ4v) is 4.93. The van der Waals surface area contributed by atoms with Crippen molar-refractivity contribution in [1.82, 2.24) is 15.1 Å². The summed E-state index contributed by atoms with van der Waals surface area (Å²) in [6.45, 7) is 9.85. The Labute approximate surface area is 204 Å². The van der Waals surface area contributed by atoms with Crippen LogP contribution in [-0.4, -0.2) is 63.8 Å². The van der Waals surface area contributed by atoms with Crippen LogP contribution in [0.25, 0.3) is 0 Å². The SMILES string of the molecule is CC1(C)C[C@@H](C(=O)Nc2cccc3c2CN(C2CCC(=O)NC2=O)C3=O)N(C(=O)OC(C)(C)C)C1. The van der Waals surface area contributed by atoms with E-state index >= 15 is 0 Å². The summed E-state index contributed by atoms with van der Waals surface area (Å²) in [5.74, 6) is -1.52. The molecule has 4 rings (SSSR count). The van der Waals surface area contributed by atoms with E-state index in [4.69, 9.17) is 4.74 Å². The number of likely N-dealkylation sites (tertiary alicyclic amines) is 1. The number of imide groups is 1. The zero-order valence-corrected chi connectivity index (χ0v) is 20.8. The number of amides is 5. The minimum atomic E-state index is -0.741. The summed E-state index contributed by atoms with van der Waals surface area (Å²) in [6.07, 6.45) is 0.349. The van der Waals surface area contributed by atoms with Gasteiger partial charge < -0.3 is 15.0 Å². The molecule has 0 saturated carbocycles. The van der Waals surface area contributed by atoms with Gasteiger partial charge in [0.2, 0.25) is 17.7 Å². The average molecular weight is 485 g/mol. The average Bonchev–Trinajstić information content (AvgIpc) is 3.24. The summed E-state index contributed by atoms with van der Waals surface area (Å²) >= 11 is 0. The maximum absolute atomic E-state index is 13.4. The number of ether oxygens (including phenoxy) is 1. The molecule has 0 bridgehead atoms. The van der Waals surface area contributed by atoms with Crippen LogP contribution < -0.4 is 10.6 Å². The predicted octanol–water partition coefficient (Wildman–Crippen LogP) is 2.42. The summed E-state index contributed by atoms with van der Waals surface area (Å²) in [5.41, 5.74) is 0.519. The molecule has 2 atom stereocenters. The van der Waals surface area contributed by atoms with Crippen LogP contribution in [0.4, 0.5) is 10.5 Å². The number of hydrogen-bond donors (Lipinski definition) is 2. The van der Waals surface area contributed by atoms with Crippen LogP contribution in [0.5, 0.6) is 0 Å². The molecule has 10 nitrogen and oxygen atoms in total. The van der Waals surface area contributed by atoms with E-state index in [0.29, 0.717) is 29.8 Å². The highest BCUT2D eigenvalue weighted by molar-refractivity contribution is 6.07. The van der Waals surface area contributed by atoms with Crippen molar-refractivity contribution in [2.75, 3.05) is 11.9 Å². The second kappa shape index (κ2) is 8.66. The molecule has 35 heavy (non-hydrogen) atoms. The fourth-order valence-electron chi connectivity index (χ4n) is 4.93. The van der Waals surface area contributed by atoms with E-state index in [1.165, 1.54) is 9.80 Å². The van der Waals surface area contributed by atoms with Crippen LogP contribution in [-0.2, 0) is 25.7 Å². The lowest BCUT2D eigenvalue weighted by Crippen LogP contribution is -2.52. The highest BCUT2D eigenvalue weighted by atomic mass is 16.6. The lowest BCUT2D eigenvalue weighted by Gasteiger charge is -2.29. The van der Waals surface area contributed by atoms with Gasteiger partial charge in [-0.2, -0.15) is 0 Å². The number of rotatable bonds is 3. The molecule has 0 spiro atoms. The Morgan fingerprint density at radius 3 is 2.54 bits per heavy atom. The van der Waals surface area contributed by atoms with Gasteiger partial charge in [0.1, 0.15) is 17.7 Å². The molecule has 10 heteroatoms. The minimum absolute atomic E-state index is 0.142. The van der Waals surface area contributed by atoms with E-state index < -0.39 is 29.7 Å². The Bertz CT molecular complexity index is 1110. The summed E-state index contributed by atoms with van der Waals surface area (Å²) in [6, 6.07) is 3.57. The molecular formula is C25H32N4O6. The molecular weight excluding hydrogens is 452 g/mol. The number of nitrogens with one attached hydrogen (secondary N) is 2. The Hall–Kier alpha value is -3.43. The highest BCUT2D eigenvalue weighted by Gasteiger charge is 2.46. The summed E-state index contributed by atoms with van der Waals surface area (Å²) in [4.78, 5) is 66.0. The van der Waals surface area contributed by atoms with Crippen molar-refractivity contribution in [1.29, 1.82) is 0 Å². The molecule has 0 radical (unpaired) electrons. The van der Waals surface area contributed by atoms with E-state index in [1.807, 2.05) is 13.8 Å². The molecule has 1 aromatic rings. The third-order valence-corrected chi connectivity index (χ3v) is 6.49. The lowest BCUT2D eigenvalue weighted by molar-refractivity contribution is -0.137. The summed E-state index contributed by atoms with van der Waals surface area (Å²) in [5, 5.41) is 5.20. The van der Waals surface area contributed by atoms with Crippen LogP contribution in [0.1, 0.15) is 69.8 Å². The zero-order chi connectivity index (χ0) is 25.7. The van der Waals surface area contributed by atoms with Gasteiger partial charge in [0.25, 0.3) is 5.91 Å². The van der Waals surface area contributed by atoms with Crippen molar-refractivity contribution in [2.45, 2.75) is 78.1 Å². The van der Waals surface area contributed by atoms with E-state index in [2.05, 4.69) is 10.6 Å². The van der Waals surface area contributed by atoms with Crippen molar-refractivity contribution in [3.8, 4) is 0 Å². The topological polar surface area (TPSA) is 125 Å². The molecule has 0 aliphatic carbocycles. The molecule has 5 amide bonds. The van der Waals surface area contributed by atoms with Gasteiger partial charge in [-0.15, -0.1) is 0 Å². The number of anilines is 1. The first-order valence-electron chi connectivity index (χ1n) is 11.8. The van der Waals surface area contributed by atoms with Gasteiger partial charge in [-0.25, -0.2) is 4.79 Å². The molecule has 3 aliphatic heterocycles. The number of benzene rings is 1. The first-order valence-corrected chi connectivity index (χ1v) is 11.8. The van der Waals surface area contributed by atoms with Gasteiger partial charge in [-0.05, 0) is 51.2 Å². The van der Waals surface area contributed by atoms with Gasteiger partial charge in [-0.3, -0.25) is 29.4 Å². The Balaban J connectivity index is 1.54. The molecule has 0 aromatic heterocycles. The number of hydrogen-bond acceptors (Lipinski definition) is 6. The molecule has 3 heterocycles. The number of carbonyl (C=O) groups is 5. The second-order valence-electron chi connectivity index (χ2n) is 11.2. The molecule has 2 saturated heterocycles. The van der Waals surface area contributed by atoms with Crippen LogP contribution in [0.15, 0.2) is 18.2 Å². The van der Waals surface area contributed by atoms with Gasteiger partial charge >= 0.3 is 6.09 Å². The maximum Gasteiger partial charge on any atom is 0.410 e. The Kier molecular flexibility index (Phi) is 6.11. The molecule has 188 valence electrons. The van der Waals surface area contributed by atoms with Gasteiger partial charge in [0.15, 0.2) is 0 Å². The third-order valence-electron chi connectivity index (χ3n) is 6.49. The Morgan fingerprint density at radius 2 is 1.89 bits per heavy atom. The monoisotopic (exact) mass is 484 g/mol. The molecule has 2 N–H and O–H groups in total. The van der Waals surface area contributed by atoms with Crippen LogP contribution in [0, 0.1) is 5.41 Å². The fraction of sp³-hybridized carbons (Fsp3) is 0.560. The number of fused-ring (bicyclic) bond motifs is 1. The highest BCUT2D eigenvalue weighted by Crippen LogP contribution is 2.37. The minimum Gasteiger partial charge on any atom is -0.444 e.